The summed E-state index contributed by atoms with van der Waals surface area (Å²) in [7, 11) is -1.89. The van der Waals surface area contributed by atoms with Crippen molar-refractivity contribution in [1.29, 1.82) is 0 Å². The molecule has 0 saturated heterocycles. The predicted molar refractivity (Wildman–Crippen MR) is 45.9 cm³/mol. The molecule has 0 heterocycles. The molecule has 0 amide bonds. The molecule has 1 N–H and O–H groups in total. The fraction of sp³-hybridized carbons (Fsp3) is 1.00. The second-order valence-corrected chi connectivity index (χ2v) is 5.02. The summed E-state index contributed by atoms with van der Waals surface area (Å²) in [6.07, 6.45) is 4.70. The predicted octanol–water partition coefficient (Wildman–Crippen LogP) is 0.800. The lowest BCUT2D eigenvalue weighted by molar-refractivity contribution is 0.151. The van der Waals surface area contributed by atoms with Gasteiger partial charge in [-0.05, 0) is 12.8 Å². The summed E-state index contributed by atoms with van der Waals surface area (Å²) in [5.41, 5.74) is 0. The molecule has 0 aromatic carbocycles. The van der Waals surface area contributed by atoms with Crippen molar-refractivity contribution in [2.24, 2.45) is 0 Å². The first-order chi connectivity index (χ1) is 5.67. The third-order valence-corrected chi connectivity index (χ3v) is 3.94. The molecule has 0 unspecified atom stereocenters. The van der Waals surface area contributed by atoms with E-state index in [0.29, 0.717) is 0 Å². The van der Waals surface area contributed by atoms with Gasteiger partial charge in [-0.2, -0.15) is 0 Å². The molecule has 72 valence electrons. The van der Waals surface area contributed by atoms with Crippen LogP contribution in [0.5, 0.6) is 0 Å². The third-order valence-electron chi connectivity index (χ3n) is 2.19. The van der Waals surface area contributed by atoms with Crippen molar-refractivity contribution in [2.75, 3.05) is 7.11 Å². The second-order valence-electron chi connectivity index (χ2n) is 3.09. The molecule has 0 aliphatic heterocycles. The lowest BCUT2D eigenvalue weighted by atomic mass is 10.0. The molecule has 5 heteroatoms. The molecule has 0 atom stereocenters. The highest BCUT2D eigenvalue weighted by atomic mass is 32.2. The maximum atomic E-state index is 11.3. The number of hydrogen-bond acceptors (Lipinski definition) is 3. The monoisotopic (exact) mass is 193 g/mol. The first-order valence-corrected chi connectivity index (χ1v) is 5.75. The van der Waals surface area contributed by atoms with Crippen molar-refractivity contribution in [3.63, 3.8) is 0 Å². The number of hydrogen-bond donors (Lipinski definition) is 1. The summed E-state index contributed by atoms with van der Waals surface area (Å²) < 4.78 is 22.7. The summed E-state index contributed by atoms with van der Waals surface area (Å²) in [5, 5.41) is -0.244. The molecule has 0 aromatic heterocycles. The molecule has 0 radical (unpaired) electrons. The van der Waals surface area contributed by atoms with Gasteiger partial charge in [-0.25, -0.2) is 8.42 Å². The third kappa shape index (κ3) is 2.43. The highest BCUT2D eigenvalue weighted by Gasteiger charge is 2.26. The van der Waals surface area contributed by atoms with Gasteiger partial charge in [-0.15, -0.1) is 0 Å². The Balaban J connectivity index is 2.54. The van der Waals surface area contributed by atoms with Gasteiger partial charge < -0.3 is 0 Å². The molecule has 1 aliphatic carbocycles. The Kier molecular flexibility index (Phi) is 3.49. The largest absolute Gasteiger partial charge is 0.290 e. The van der Waals surface area contributed by atoms with Gasteiger partial charge in [0.2, 0.25) is 10.0 Å². The van der Waals surface area contributed by atoms with Gasteiger partial charge >= 0.3 is 0 Å². The summed E-state index contributed by atoms with van der Waals surface area (Å²) in [5.74, 6) is 0. The van der Waals surface area contributed by atoms with Crippen LogP contribution in [0.2, 0.25) is 0 Å². The van der Waals surface area contributed by atoms with Gasteiger partial charge in [0.05, 0.1) is 12.4 Å². The zero-order chi connectivity index (χ0) is 9.03. The van der Waals surface area contributed by atoms with Crippen LogP contribution in [0.1, 0.15) is 32.1 Å². The normalized spacial score (nSPS) is 21.1. The smallest absolute Gasteiger partial charge is 0.236 e. The summed E-state index contributed by atoms with van der Waals surface area (Å²) >= 11 is 0. The average Bonchev–Trinajstić information content (AvgIpc) is 2.06. The quantitative estimate of drug-likeness (QED) is 0.674. The Hall–Kier alpha value is -0.130. The van der Waals surface area contributed by atoms with Crippen LogP contribution in [-0.2, 0) is 14.9 Å². The van der Waals surface area contributed by atoms with E-state index in [1.807, 2.05) is 0 Å². The molecule has 1 fully saturated rings. The van der Waals surface area contributed by atoms with Crippen molar-refractivity contribution >= 4 is 10.0 Å². The van der Waals surface area contributed by atoms with Crippen LogP contribution in [0.3, 0.4) is 0 Å². The van der Waals surface area contributed by atoms with E-state index in [4.69, 9.17) is 0 Å². The molecular formula is C7H15NO3S. The zero-order valence-electron chi connectivity index (χ0n) is 7.25. The van der Waals surface area contributed by atoms with Gasteiger partial charge in [0.15, 0.2) is 0 Å². The van der Waals surface area contributed by atoms with Gasteiger partial charge in [0.1, 0.15) is 0 Å². The van der Waals surface area contributed by atoms with Crippen molar-refractivity contribution < 1.29 is 13.3 Å². The van der Waals surface area contributed by atoms with Gasteiger partial charge in [-0.3, -0.25) is 4.84 Å². The Morgan fingerprint density at radius 1 is 1.25 bits per heavy atom. The highest BCUT2D eigenvalue weighted by molar-refractivity contribution is 7.89. The van der Waals surface area contributed by atoms with Crippen LogP contribution < -0.4 is 4.89 Å². The first kappa shape index (κ1) is 9.95. The zero-order valence-corrected chi connectivity index (χ0v) is 8.06. The minimum atomic E-state index is -3.21. The van der Waals surface area contributed by atoms with Crippen LogP contribution in [0.4, 0.5) is 0 Å². The fourth-order valence-electron chi connectivity index (χ4n) is 1.56. The Bertz CT molecular complexity index is 219. The van der Waals surface area contributed by atoms with Crippen LogP contribution in [0.25, 0.3) is 0 Å². The minimum absolute atomic E-state index is 0.244. The van der Waals surface area contributed by atoms with E-state index < -0.39 is 10.0 Å². The topological polar surface area (TPSA) is 55.4 Å². The van der Waals surface area contributed by atoms with Gasteiger partial charge in [-0.1, -0.05) is 24.1 Å². The minimum Gasteiger partial charge on any atom is -0.290 e. The lowest BCUT2D eigenvalue weighted by Crippen LogP contribution is -2.34. The molecule has 0 bridgehead atoms. The van der Waals surface area contributed by atoms with Gasteiger partial charge in [0, 0.05) is 0 Å². The van der Waals surface area contributed by atoms with E-state index in [-0.39, 0.29) is 5.25 Å². The van der Waals surface area contributed by atoms with E-state index >= 15 is 0 Å². The highest BCUT2D eigenvalue weighted by Crippen LogP contribution is 2.22. The summed E-state index contributed by atoms with van der Waals surface area (Å²) in [6, 6.07) is 0. The maximum absolute atomic E-state index is 11.3. The molecule has 1 aliphatic rings. The van der Waals surface area contributed by atoms with Crippen LogP contribution in [0.15, 0.2) is 0 Å². The summed E-state index contributed by atoms with van der Waals surface area (Å²) in [6.45, 7) is 0. The average molecular weight is 193 g/mol. The van der Waals surface area contributed by atoms with E-state index in [2.05, 4.69) is 9.72 Å². The fourth-order valence-corrected chi connectivity index (χ4v) is 2.88. The molecule has 1 saturated carbocycles. The number of sulfonamides is 1. The van der Waals surface area contributed by atoms with E-state index in [0.717, 1.165) is 32.1 Å². The molecule has 1 rings (SSSR count). The molecule has 4 nitrogen and oxygen atoms in total. The number of rotatable bonds is 3. The maximum Gasteiger partial charge on any atom is 0.236 e. The van der Waals surface area contributed by atoms with E-state index in [1.54, 1.807) is 0 Å². The molecule has 0 aromatic rings. The Morgan fingerprint density at radius 2 is 1.83 bits per heavy atom. The van der Waals surface area contributed by atoms with Crippen LogP contribution >= 0.6 is 0 Å². The lowest BCUT2D eigenvalue weighted by Gasteiger charge is -2.20. The summed E-state index contributed by atoms with van der Waals surface area (Å²) in [4.78, 5) is 6.49. The van der Waals surface area contributed by atoms with E-state index in [1.165, 1.54) is 7.11 Å². The first-order valence-electron chi connectivity index (χ1n) is 4.20. The van der Waals surface area contributed by atoms with Crippen molar-refractivity contribution in [3.8, 4) is 0 Å². The van der Waals surface area contributed by atoms with Gasteiger partial charge in [0.25, 0.3) is 0 Å². The Labute approximate surface area is 73.3 Å². The second kappa shape index (κ2) is 4.20. The SMILES string of the molecule is CONS(=O)(=O)C1CCCCC1. The van der Waals surface area contributed by atoms with Crippen molar-refractivity contribution in [1.82, 2.24) is 4.89 Å². The van der Waals surface area contributed by atoms with Crippen LogP contribution in [-0.4, -0.2) is 20.8 Å². The molecule has 0 spiro atoms. The number of nitrogens with one attached hydrogen (secondary N) is 1. The van der Waals surface area contributed by atoms with Crippen LogP contribution in [0, 0.1) is 0 Å². The Morgan fingerprint density at radius 3 is 2.33 bits per heavy atom. The molecular weight excluding hydrogens is 178 g/mol. The van der Waals surface area contributed by atoms with E-state index in [9.17, 15) is 8.42 Å². The standard InChI is InChI=1S/C7H15NO3S/c1-11-8-12(9,10)7-5-3-2-4-6-7/h7-8H,2-6H2,1H3. The van der Waals surface area contributed by atoms with Crippen molar-refractivity contribution in [2.45, 2.75) is 37.4 Å². The van der Waals surface area contributed by atoms with Crippen molar-refractivity contribution in [3.05, 3.63) is 0 Å². The molecule has 12 heavy (non-hydrogen) atoms.